The fraction of sp³-hybridized carbons (Fsp3) is 0.300. The SMILES string of the molecule is CCOC(=O)c1c(C)n(Cc2ccccc2)c2ccc(OCCCNCc3ccc(F)c(OC)c3)cc12. The van der Waals surface area contributed by atoms with E-state index in [4.69, 9.17) is 14.2 Å². The third kappa shape index (κ3) is 6.30. The number of esters is 1. The highest BCUT2D eigenvalue weighted by molar-refractivity contribution is 6.06. The predicted octanol–water partition coefficient (Wildman–Crippen LogP) is 5.88. The number of rotatable bonds is 12. The first-order chi connectivity index (χ1) is 18.0. The van der Waals surface area contributed by atoms with Gasteiger partial charge in [-0.1, -0.05) is 36.4 Å². The molecule has 0 saturated heterocycles. The lowest BCUT2D eigenvalue weighted by molar-refractivity contribution is 0.0527. The van der Waals surface area contributed by atoms with Crippen LogP contribution in [0.2, 0.25) is 0 Å². The Labute approximate surface area is 217 Å². The van der Waals surface area contributed by atoms with Gasteiger partial charge in [-0.2, -0.15) is 0 Å². The lowest BCUT2D eigenvalue weighted by atomic mass is 10.1. The van der Waals surface area contributed by atoms with Crippen molar-refractivity contribution in [2.45, 2.75) is 33.4 Å². The van der Waals surface area contributed by atoms with E-state index in [9.17, 15) is 9.18 Å². The van der Waals surface area contributed by atoms with E-state index >= 15 is 0 Å². The second kappa shape index (κ2) is 12.4. The number of fused-ring (bicyclic) bond motifs is 1. The number of benzene rings is 3. The summed E-state index contributed by atoms with van der Waals surface area (Å²) in [5.41, 5.74) is 4.52. The van der Waals surface area contributed by atoms with E-state index in [2.05, 4.69) is 22.0 Å². The fourth-order valence-corrected chi connectivity index (χ4v) is 4.42. The molecule has 4 aromatic rings. The standard InChI is InChI=1S/C30H33FN2O4/c1-4-36-30(34)29-21(2)33(20-22-9-6-5-7-10-22)27-14-12-24(18-25(27)29)37-16-8-15-32-19-23-11-13-26(31)28(17-23)35-3/h5-7,9-14,17-18,32H,4,8,15-16,19-20H2,1-3H3. The summed E-state index contributed by atoms with van der Waals surface area (Å²) in [5, 5.41) is 4.16. The topological polar surface area (TPSA) is 61.7 Å². The van der Waals surface area contributed by atoms with E-state index in [1.165, 1.54) is 13.2 Å². The van der Waals surface area contributed by atoms with Gasteiger partial charge in [0.25, 0.3) is 0 Å². The van der Waals surface area contributed by atoms with Crippen LogP contribution in [0.4, 0.5) is 4.39 Å². The maximum absolute atomic E-state index is 13.6. The van der Waals surface area contributed by atoms with Gasteiger partial charge in [0.05, 0.1) is 25.9 Å². The molecule has 0 fully saturated rings. The van der Waals surface area contributed by atoms with E-state index in [0.29, 0.717) is 37.6 Å². The zero-order chi connectivity index (χ0) is 26.2. The zero-order valence-corrected chi connectivity index (χ0v) is 21.6. The molecule has 0 bridgehead atoms. The van der Waals surface area contributed by atoms with Gasteiger partial charge in [0.1, 0.15) is 5.75 Å². The molecule has 1 N–H and O–H groups in total. The first-order valence-corrected chi connectivity index (χ1v) is 12.5. The predicted molar refractivity (Wildman–Crippen MR) is 143 cm³/mol. The number of hydrogen-bond donors (Lipinski definition) is 1. The maximum atomic E-state index is 13.6. The quantitative estimate of drug-likeness (QED) is 0.193. The lowest BCUT2D eigenvalue weighted by Crippen LogP contribution is -2.17. The van der Waals surface area contributed by atoms with Crippen molar-refractivity contribution in [1.29, 1.82) is 0 Å². The van der Waals surface area contributed by atoms with E-state index in [1.54, 1.807) is 12.1 Å². The average molecular weight is 505 g/mol. The van der Waals surface area contributed by atoms with Crippen LogP contribution in [0.3, 0.4) is 0 Å². The van der Waals surface area contributed by atoms with Crippen molar-refractivity contribution < 1.29 is 23.4 Å². The number of halogens is 1. The number of nitrogens with zero attached hydrogens (tertiary/aromatic N) is 1. The van der Waals surface area contributed by atoms with Gasteiger partial charge in [-0.05, 0) is 68.3 Å². The number of methoxy groups -OCH3 is 1. The molecule has 6 nitrogen and oxygen atoms in total. The molecule has 1 heterocycles. The minimum Gasteiger partial charge on any atom is -0.494 e. The van der Waals surface area contributed by atoms with Gasteiger partial charge in [-0.15, -0.1) is 0 Å². The highest BCUT2D eigenvalue weighted by Gasteiger charge is 2.21. The van der Waals surface area contributed by atoms with Crippen molar-refractivity contribution in [3.8, 4) is 11.5 Å². The maximum Gasteiger partial charge on any atom is 0.340 e. The van der Waals surface area contributed by atoms with Gasteiger partial charge in [0, 0.05) is 29.7 Å². The van der Waals surface area contributed by atoms with Gasteiger partial charge < -0.3 is 24.1 Å². The van der Waals surface area contributed by atoms with Crippen LogP contribution in [0.15, 0.2) is 66.7 Å². The third-order valence-electron chi connectivity index (χ3n) is 6.27. The van der Waals surface area contributed by atoms with E-state index in [1.807, 2.05) is 50.2 Å². The Hall–Kier alpha value is -3.84. The molecular weight excluding hydrogens is 471 g/mol. The van der Waals surface area contributed by atoms with E-state index in [-0.39, 0.29) is 17.5 Å². The summed E-state index contributed by atoms with van der Waals surface area (Å²) in [6.45, 7) is 6.61. The molecule has 0 aliphatic rings. The van der Waals surface area contributed by atoms with Crippen LogP contribution < -0.4 is 14.8 Å². The Morgan fingerprint density at radius 1 is 1.03 bits per heavy atom. The molecule has 0 spiro atoms. The van der Waals surface area contributed by atoms with Crippen molar-refractivity contribution >= 4 is 16.9 Å². The van der Waals surface area contributed by atoms with Crippen LogP contribution in [0.1, 0.15) is 40.5 Å². The van der Waals surface area contributed by atoms with Crippen molar-refractivity contribution in [2.75, 3.05) is 26.9 Å². The number of aromatic nitrogens is 1. The van der Waals surface area contributed by atoms with Gasteiger partial charge >= 0.3 is 5.97 Å². The molecule has 194 valence electrons. The molecule has 4 rings (SSSR count). The normalized spacial score (nSPS) is 11.0. The summed E-state index contributed by atoms with van der Waals surface area (Å²) in [4.78, 5) is 12.9. The average Bonchev–Trinajstić information content (AvgIpc) is 3.18. The lowest BCUT2D eigenvalue weighted by Gasteiger charge is -2.10. The molecule has 1 aromatic heterocycles. The molecule has 3 aromatic carbocycles. The second-order valence-electron chi connectivity index (χ2n) is 8.78. The molecule has 0 aliphatic heterocycles. The Morgan fingerprint density at radius 3 is 2.59 bits per heavy atom. The van der Waals surface area contributed by atoms with Crippen LogP contribution in [-0.4, -0.2) is 37.4 Å². The Kier molecular flexibility index (Phi) is 8.80. The minimum absolute atomic E-state index is 0.244. The molecule has 0 radical (unpaired) electrons. The van der Waals surface area contributed by atoms with Crippen LogP contribution in [0.25, 0.3) is 10.9 Å². The molecule has 0 amide bonds. The first kappa shape index (κ1) is 26.2. The highest BCUT2D eigenvalue weighted by Crippen LogP contribution is 2.31. The molecular formula is C30H33FN2O4. The van der Waals surface area contributed by atoms with Crippen LogP contribution in [0.5, 0.6) is 11.5 Å². The number of carbonyl (C=O) groups excluding carboxylic acids is 1. The Balaban J connectivity index is 1.41. The monoisotopic (exact) mass is 504 g/mol. The van der Waals surface area contributed by atoms with E-state index in [0.717, 1.165) is 40.7 Å². The molecule has 0 aliphatic carbocycles. The smallest absolute Gasteiger partial charge is 0.340 e. The number of hydrogen-bond acceptors (Lipinski definition) is 5. The van der Waals surface area contributed by atoms with Gasteiger partial charge in [-0.3, -0.25) is 0 Å². The van der Waals surface area contributed by atoms with Crippen LogP contribution >= 0.6 is 0 Å². The second-order valence-corrected chi connectivity index (χ2v) is 8.78. The van der Waals surface area contributed by atoms with Crippen molar-refractivity contribution in [2.24, 2.45) is 0 Å². The number of carbonyl (C=O) groups is 1. The first-order valence-electron chi connectivity index (χ1n) is 12.5. The Bertz CT molecular complexity index is 1350. The summed E-state index contributed by atoms with van der Waals surface area (Å²) in [6, 6.07) is 20.9. The van der Waals surface area contributed by atoms with Crippen molar-refractivity contribution in [1.82, 2.24) is 9.88 Å². The minimum atomic E-state index is -0.367. The summed E-state index contributed by atoms with van der Waals surface area (Å²) < 4.78 is 32.1. The molecule has 0 saturated carbocycles. The number of ether oxygens (including phenoxy) is 3. The van der Waals surface area contributed by atoms with E-state index < -0.39 is 0 Å². The van der Waals surface area contributed by atoms with Gasteiger partial charge in [0.15, 0.2) is 11.6 Å². The molecule has 37 heavy (non-hydrogen) atoms. The third-order valence-corrected chi connectivity index (χ3v) is 6.27. The zero-order valence-electron chi connectivity index (χ0n) is 21.6. The summed E-state index contributed by atoms with van der Waals surface area (Å²) in [5.74, 6) is 0.259. The molecule has 0 unspecified atom stereocenters. The van der Waals surface area contributed by atoms with Crippen molar-refractivity contribution in [3.05, 3.63) is 94.9 Å². The largest absolute Gasteiger partial charge is 0.494 e. The fourth-order valence-electron chi connectivity index (χ4n) is 4.42. The highest BCUT2D eigenvalue weighted by atomic mass is 19.1. The number of nitrogens with one attached hydrogen (secondary N) is 1. The summed E-state index contributed by atoms with van der Waals surface area (Å²) >= 11 is 0. The van der Waals surface area contributed by atoms with Crippen LogP contribution in [-0.2, 0) is 17.8 Å². The van der Waals surface area contributed by atoms with Gasteiger partial charge in [-0.25, -0.2) is 9.18 Å². The molecule has 7 heteroatoms. The van der Waals surface area contributed by atoms with Gasteiger partial charge in [0.2, 0.25) is 0 Å². The molecule has 0 atom stereocenters. The summed E-state index contributed by atoms with van der Waals surface area (Å²) in [7, 11) is 1.46. The Morgan fingerprint density at radius 2 is 1.84 bits per heavy atom. The van der Waals surface area contributed by atoms with Crippen molar-refractivity contribution in [3.63, 3.8) is 0 Å². The van der Waals surface area contributed by atoms with Crippen LogP contribution in [0, 0.1) is 12.7 Å². The summed E-state index contributed by atoms with van der Waals surface area (Å²) in [6.07, 6.45) is 0.787.